The van der Waals surface area contributed by atoms with Crippen molar-refractivity contribution < 1.29 is 0 Å². The molecule has 126 valence electrons. The van der Waals surface area contributed by atoms with Gasteiger partial charge in [0, 0.05) is 0 Å². The molecule has 0 saturated carbocycles. The second-order valence-electron chi connectivity index (χ2n) is 6.82. The number of benzene rings is 4. The Morgan fingerprint density at radius 1 is 0.462 bits per heavy atom. The maximum Gasteiger partial charge on any atom is -0.00757 e. The molecule has 0 N–H and O–H groups in total. The van der Waals surface area contributed by atoms with Gasteiger partial charge in [0.05, 0.1) is 0 Å². The van der Waals surface area contributed by atoms with E-state index in [0.717, 1.165) is 0 Å². The summed E-state index contributed by atoms with van der Waals surface area (Å²) in [6.07, 6.45) is 0. The monoisotopic (exact) mass is 334 g/mol. The fraction of sp³-hybridized carbons (Fsp3) is 0.0769. The SMILES string of the molecule is Cc1cccc(-c2cc(-c3ccccc3)cc(C)c2-c2ccccc2)c1. The number of rotatable bonds is 3. The summed E-state index contributed by atoms with van der Waals surface area (Å²) in [4.78, 5) is 0. The van der Waals surface area contributed by atoms with Crippen LogP contribution in [0, 0.1) is 13.8 Å². The van der Waals surface area contributed by atoms with E-state index in [2.05, 4.69) is 111 Å². The van der Waals surface area contributed by atoms with Crippen molar-refractivity contribution in [3.05, 3.63) is 108 Å². The zero-order valence-corrected chi connectivity index (χ0v) is 15.2. The lowest BCUT2D eigenvalue weighted by molar-refractivity contribution is 1.43. The summed E-state index contributed by atoms with van der Waals surface area (Å²) < 4.78 is 0. The number of hydrogen-bond donors (Lipinski definition) is 0. The predicted molar refractivity (Wildman–Crippen MR) is 112 cm³/mol. The van der Waals surface area contributed by atoms with E-state index >= 15 is 0 Å². The van der Waals surface area contributed by atoms with E-state index < -0.39 is 0 Å². The first-order valence-corrected chi connectivity index (χ1v) is 9.05. The molecule has 0 fully saturated rings. The molecular weight excluding hydrogens is 312 g/mol. The van der Waals surface area contributed by atoms with Crippen molar-refractivity contribution in [3.8, 4) is 33.4 Å². The third-order valence-corrected chi connectivity index (χ3v) is 4.83. The molecule has 0 radical (unpaired) electrons. The van der Waals surface area contributed by atoms with Gasteiger partial charge in [0.15, 0.2) is 0 Å². The fourth-order valence-electron chi connectivity index (χ4n) is 3.61. The summed E-state index contributed by atoms with van der Waals surface area (Å²) in [7, 11) is 0. The van der Waals surface area contributed by atoms with Gasteiger partial charge < -0.3 is 0 Å². The lowest BCUT2D eigenvalue weighted by Crippen LogP contribution is -1.92. The molecule has 4 rings (SSSR count). The highest BCUT2D eigenvalue weighted by atomic mass is 14.2. The zero-order valence-electron chi connectivity index (χ0n) is 15.2. The maximum atomic E-state index is 2.33. The topological polar surface area (TPSA) is 0 Å². The molecule has 0 aromatic heterocycles. The van der Waals surface area contributed by atoms with Crippen molar-refractivity contribution in [2.24, 2.45) is 0 Å². The zero-order chi connectivity index (χ0) is 17.9. The minimum atomic E-state index is 1.25. The Morgan fingerprint density at radius 2 is 1.08 bits per heavy atom. The Labute approximate surface area is 155 Å². The molecule has 0 bridgehead atoms. The Balaban J connectivity index is 2.00. The molecule has 0 aliphatic heterocycles. The molecule has 0 heterocycles. The van der Waals surface area contributed by atoms with Crippen LogP contribution in [0.3, 0.4) is 0 Å². The van der Waals surface area contributed by atoms with Gasteiger partial charge in [-0.3, -0.25) is 0 Å². The van der Waals surface area contributed by atoms with E-state index in [1.54, 1.807) is 0 Å². The highest BCUT2D eigenvalue weighted by molar-refractivity contribution is 5.89. The second-order valence-corrected chi connectivity index (χ2v) is 6.82. The summed E-state index contributed by atoms with van der Waals surface area (Å²) in [6.45, 7) is 4.37. The first-order chi connectivity index (χ1) is 12.7. The maximum absolute atomic E-state index is 2.33. The highest BCUT2D eigenvalue weighted by Gasteiger charge is 2.13. The molecule has 0 aliphatic rings. The molecule has 0 amide bonds. The molecule has 0 atom stereocenters. The van der Waals surface area contributed by atoms with Gasteiger partial charge in [-0.2, -0.15) is 0 Å². The minimum absolute atomic E-state index is 1.25. The molecule has 0 heteroatoms. The van der Waals surface area contributed by atoms with Gasteiger partial charge >= 0.3 is 0 Å². The molecule has 0 unspecified atom stereocenters. The number of hydrogen-bond acceptors (Lipinski definition) is 0. The van der Waals surface area contributed by atoms with Crippen molar-refractivity contribution in [1.82, 2.24) is 0 Å². The van der Waals surface area contributed by atoms with Crippen molar-refractivity contribution in [2.45, 2.75) is 13.8 Å². The molecule has 0 nitrogen and oxygen atoms in total. The van der Waals surface area contributed by atoms with Crippen LogP contribution in [0.5, 0.6) is 0 Å². The van der Waals surface area contributed by atoms with Gasteiger partial charge in [0.25, 0.3) is 0 Å². The van der Waals surface area contributed by atoms with E-state index in [1.165, 1.54) is 44.5 Å². The van der Waals surface area contributed by atoms with Crippen LogP contribution >= 0.6 is 0 Å². The molecule has 26 heavy (non-hydrogen) atoms. The number of aryl methyl sites for hydroxylation is 2. The first-order valence-electron chi connectivity index (χ1n) is 9.05. The Morgan fingerprint density at radius 3 is 1.73 bits per heavy atom. The summed E-state index contributed by atoms with van der Waals surface area (Å²) in [6, 6.07) is 34.7. The van der Waals surface area contributed by atoms with Crippen LogP contribution in [0.1, 0.15) is 11.1 Å². The largest absolute Gasteiger partial charge is 0.0622 e. The molecule has 0 spiro atoms. The van der Waals surface area contributed by atoms with E-state index in [1.807, 2.05) is 0 Å². The average molecular weight is 334 g/mol. The minimum Gasteiger partial charge on any atom is -0.0622 e. The van der Waals surface area contributed by atoms with Crippen molar-refractivity contribution >= 4 is 0 Å². The Bertz CT molecular complexity index is 1030. The Hall–Kier alpha value is -3.12. The van der Waals surface area contributed by atoms with Gasteiger partial charge in [-0.1, -0.05) is 96.6 Å². The third kappa shape index (κ3) is 3.19. The Kier molecular flexibility index (Phi) is 4.41. The molecule has 0 saturated heterocycles. The molecular formula is C26H22. The molecule has 0 aliphatic carbocycles. The van der Waals surface area contributed by atoms with Crippen molar-refractivity contribution in [1.29, 1.82) is 0 Å². The summed E-state index contributed by atoms with van der Waals surface area (Å²) in [5.74, 6) is 0. The van der Waals surface area contributed by atoms with E-state index in [9.17, 15) is 0 Å². The van der Waals surface area contributed by atoms with Crippen LogP contribution in [-0.4, -0.2) is 0 Å². The van der Waals surface area contributed by atoms with Crippen molar-refractivity contribution in [3.63, 3.8) is 0 Å². The highest BCUT2D eigenvalue weighted by Crippen LogP contribution is 2.38. The van der Waals surface area contributed by atoms with Crippen LogP contribution in [-0.2, 0) is 0 Å². The molecule has 4 aromatic carbocycles. The smallest absolute Gasteiger partial charge is 0.00757 e. The predicted octanol–water partition coefficient (Wildman–Crippen LogP) is 7.30. The van der Waals surface area contributed by atoms with Gasteiger partial charge in [-0.15, -0.1) is 0 Å². The fourth-order valence-corrected chi connectivity index (χ4v) is 3.61. The van der Waals surface area contributed by atoms with Gasteiger partial charge in [0.2, 0.25) is 0 Å². The van der Waals surface area contributed by atoms with E-state index in [0.29, 0.717) is 0 Å². The standard InChI is InChI=1S/C26H22/c1-19-10-9-15-23(16-19)25-18-24(21-11-5-3-6-12-21)17-20(2)26(25)22-13-7-4-8-14-22/h3-18H,1-2H3. The van der Waals surface area contributed by atoms with Crippen LogP contribution < -0.4 is 0 Å². The van der Waals surface area contributed by atoms with Gasteiger partial charge in [0.1, 0.15) is 0 Å². The van der Waals surface area contributed by atoms with Crippen LogP contribution in [0.2, 0.25) is 0 Å². The average Bonchev–Trinajstić information content (AvgIpc) is 2.69. The van der Waals surface area contributed by atoms with E-state index in [-0.39, 0.29) is 0 Å². The van der Waals surface area contributed by atoms with Crippen LogP contribution in [0.15, 0.2) is 97.1 Å². The van der Waals surface area contributed by atoms with Gasteiger partial charge in [-0.05, 0) is 58.9 Å². The third-order valence-electron chi connectivity index (χ3n) is 4.83. The van der Waals surface area contributed by atoms with Gasteiger partial charge in [-0.25, -0.2) is 0 Å². The van der Waals surface area contributed by atoms with E-state index in [4.69, 9.17) is 0 Å². The molecule has 4 aromatic rings. The first kappa shape index (κ1) is 16.4. The summed E-state index contributed by atoms with van der Waals surface area (Å²) >= 11 is 0. The van der Waals surface area contributed by atoms with Crippen molar-refractivity contribution in [2.75, 3.05) is 0 Å². The van der Waals surface area contributed by atoms with Crippen LogP contribution in [0.25, 0.3) is 33.4 Å². The normalized spacial score (nSPS) is 10.7. The van der Waals surface area contributed by atoms with Crippen LogP contribution in [0.4, 0.5) is 0 Å². The summed E-state index contributed by atoms with van der Waals surface area (Å²) in [5.41, 5.74) is 10.2. The lowest BCUT2D eigenvalue weighted by Gasteiger charge is -2.17. The second kappa shape index (κ2) is 7.01. The lowest BCUT2D eigenvalue weighted by atomic mass is 9.87. The quantitative estimate of drug-likeness (QED) is 0.368. The summed E-state index contributed by atoms with van der Waals surface area (Å²) in [5, 5.41) is 0.